The zero-order valence-corrected chi connectivity index (χ0v) is 14.2. The molecule has 1 saturated heterocycles. The van der Waals surface area contributed by atoms with Gasteiger partial charge in [0.1, 0.15) is 5.54 Å². The van der Waals surface area contributed by atoms with Crippen LogP contribution in [0.2, 0.25) is 0 Å². The molecule has 1 aliphatic heterocycles. The molecular formula is C14H28N2O4S. The molecule has 0 aromatic heterocycles. The van der Waals surface area contributed by atoms with Crippen LogP contribution in [0.1, 0.15) is 33.1 Å². The van der Waals surface area contributed by atoms with E-state index in [0.29, 0.717) is 31.7 Å². The number of likely N-dealkylation sites (N-methyl/N-ethyl adjacent to an activating group) is 1. The van der Waals surface area contributed by atoms with Gasteiger partial charge in [-0.05, 0) is 45.8 Å². The molecule has 6 nitrogen and oxygen atoms in total. The topological polar surface area (TPSA) is 75.7 Å². The molecule has 0 spiro atoms. The first-order chi connectivity index (χ1) is 9.83. The average Bonchev–Trinajstić information content (AvgIpc) is 2.59. The standard InChI is InChI=1S/C14H28N2O4S/c1-4-15-14(2,13(17)20-3)7-5-8-16-9-6-11-21(18,19)12-10-16/h15H,4-12H2,1-3H3. The fourth-order valence-corrected chi connectivity index (χ4v) is 4.06. The molecule has 0 bridgehead atoms. The van der Waals surface area contributed by atoms with E-state index in [-0.39, 0.29) is 11.7 Å². The largest absolute Gasteiger partial charge is 0.468 e. The minimum Gasteiger partial charge on any atom is -0.468 e. The summed E-state index contributed by atoms with van der Waals surface area (Å²) in [6.45, 7) is 6.74. The summed E-state index contributed by atoms with van der Waals surface area (Å²) in [6, 6.07) is 0. The van der Waals surface area contributed by atoms with E-state index in [0.717, 1.165) is 19.5 Å². The van der Waals surface area contributed by atoms with Crippen molar-refractivity contribution in [1.82, 2.24) is 10.2 Å². The Kier molecular flexibility index (Phi) is 7.09. The van der Waals surface area contributed by atoms with E-state index in [9.17, 15) is 13.2 Å². The van der Waals surface area contributed by atoms with Crippen molar-refractivity contribution in [1.29, 1.82) is 0 Å². The third-order valence-corrected chi connectivity index (χ3v) is 5.72. The quantitative estimate of drug-likeness (QED) is 0.686. The maximum atomic E-state index is 11.9. The van der Waals surface area contributed by atoms with E-state index in [4.69, 9.17) is 4.74 Å². The van der Waals surface area contributed by atoms with Crippen LogP contribution in [-0.4, -0.2) is 69.6 Å². The molecule has 7 heteroatoms. The van der Waals surface area contributed by atoms with Crippen molar-refractivity contribution in [2.75, 3.05) is 44.8 Å². The molecule has 0 aromatic rings. The number of ether oxygens (including phenoxy) is 1. The van der Waals surface area contributed by atoms with Crippen LogP contribution in [0.3, 0.4) is 0 Å². The second-order valence-electron chi connectivity index (χ2n) is 5.80. The number of methoxy groups -OCH3 is 1. The summed E-state index contributed by atoms with van der Waals surface area (Å²) >= 11 is 0. The molecule has 1 fully saturated rings. The van der Waals surface area contributed by atoms with Crippen LogP contribution >= 0.6 is 0 Å². The van der Waals surface area contributed by atoms with Gasteiger partial charge in [0.25, 0.3) is 0 Å². The van der Waals surface area contributed by atoms with Crippen LogP contribution in [0.4, 0.5) is 0 Å². The van der Waals surface area contributed by atoms with Crippen molar-refractivity contribution in [3.05, 3.63) is 0 Å². The summed E-state index contributed by atoms with van der Waals surface area (Å²) in [5, 5.41) is 3.18. The van der Waals surface area contributed by atoms with Gasteiger partial charge in [-0.3, -0.25) is 4.79 Å². The Morgan fingerprint density at radius 1 is 1.33 bits per heavy atom. The molecule has 0 radical (unpaired) electrons. The van der Waals surface area contributed by atoms with Gasteiger partial charge in [-0.2, -0.15) is 0 Å². The molecule has 0 aliphatic carbocycles. The van der Waals surface area contributed by atoms with Gasteiger partial charge >= 0.3 is 5.97 Å². The van der Waals surface area contributed by atoms with E-state index in [1.807, 2.05) is 13.8 Å². The maximum absolute atomic E-state index is 11.9. The van der Waals surface area contributed by atoms with Gasteiger partial charge in [-0.1, -0.05) is 6.92 Å². The number of nitrogens with one attached hydrogen (secondary N) is 1. The third-order valence-electron chi connectivity index (χ3n) is 4.00. The smallest absolute Gasteiger partial charge is 0.325 e. The van der Waals surface area contributed by atoms with Crippen LogP contribution in [0.5, 0.6) is 0 Å². The highest BCUT2D eigenvalue weighted by molar-refractivity contribution is 7.91. The van der Waals surface area contributed by atoms with E-state index in [1.54, 1.807) is 0 Å². The molecule has 1 atom stereocenters. The van der Waals surface area contributed by atoms with Crippen LogP contribution in [0.25, 0.3) is 0 Å². The van der Waals surface area contributed by atoms with Crippen molar-refractivity contribution < 1.29 is 17.9 Å². The lowest BCUT2D eigenvalue weighted by Gasteiger charge is -2.28. The van der Waals surface area contributed by atoms with Gasteiger partial charge in [0.15, 0.2) is 9.84 Å². The number of hydrogen-bond acceptors (Lipinski definition) is 6. The Hall–Kier alpha value is -0.660. The zero-order chi connectivity index (χ0) is 15.9. The first-order valence-electron chi connectivity index (χ1n) is 7.59. The van der Waals surface area contributed by atoms with Crippen LogP contribution in [-0.2, 0) is 19.4 Å². The Bertz CT molecular complexity index is 438. The SMILES string of the molecule is CCNC(C)(CCCN1CCCS(=O)(=O)CC1)C(=O)OC. The maximum Gasteiger partial charge on any atom is 0.325 e. The molecule has 1 rings (SSSR count). The Balaban J connectivity index is 2.45. The van der Waals surface area contributed by atoms with Crippen LogP contribution in [0, 0.1) is 0 Å². The molecule has 21 heavy (non-hydrogen) atoms. The number of nitrogens with zero attached hydrogens (tertiary/aromatic N) is 1. The summed E-state index contributed by atoms with van der Waals surface area (Å²) in [5.41, 5.74) is -0.665. The molecule has 0 aromatic carbocycles. The predicted octanol–water partition coefficient (Wildman–Crippen LogP) is 0.428. The molecule has 1 N–H and O–H groups in total. The Labute approximate surface area is 128 Å². The summed E-state index contributed by atoms with van der Waals surface area (Å²) in [4.78, 5) is 14.0. The third kappa shape index (κ3) is 5.92. The van der Waals surface area contributed by atoms with Crippen molar-refractivity contribution >= 4 is 15.8 Å². The molecule has 124 valence electrons. The monoisotopic (exact) mass is 320 g/mol. The van der Waals surface area contributed by atoms with Crippen LogP contribution in [0.15, 0.2) is 0 Å². The molecule has 1 aliphatic rings. The number of sulfone groups is 1. The second kappa shape index (κ2) is 8.10. The summed E-state index contributed by atoms with van der Waals surface area (Å²) < 4.78 is 28.0. The second-order valence-corrected chi connectivity index (χ2v) is 8.11. The van der Waals surface area contributed by atoms with E-state index >= 15 is 0 Å². The molecular weight excluding hydrogens is 292 g/mol. The van der Waals surface area contributed by atoms with Crippen molar-refractivity contribution in [2.24, 2.45) is 0 Å². The highest BCUT2D eigenvalue weighted by atomic mass is 32.2. The fourth-order valence-electron chi connectivity index (χ4n) is 2.75. The molecule has 0 amide bonds. The average molecular weight is 320 g/mol. The molecule has 0 saturated carbocycles. The summed E-state index contributed by atoms with van der Waals surface area (Å²) in [7, 11) is -1.46. The number of rotatable bonds is 7. The van der Waals surface area contributed by atoms with Gasteiger partial charge in [0.05, 0.1) is 18.6 Å². The number of hydrogen-bond donors (Lipinski definition) is 1. The Morgan fingerprint density at radius 3 is 2.67 bits per heavy atom. The van der Waals surface area contributed by atoms with Gasteiger partial charge in [-0.25, -0.2) is 8.42 Å². The first-order valence-corrected chi connectivity index (χ1v) is 9.41. The highest BCUT2D eigenvalue weighted by Gasteiger charge is 2.33. The highest BCUT2D eigenvalue weighted by Crippen LogP contribution is 2.15. The summed E-state index contributed by atoms with van der Waals surface area (Å²) in [5.74, 6) is 0.290. The minimum atomic E-state index is -2.86. The predicted molar refractivity (Wildman–Crippen MR) is 83.0 cm³/mol. The van der Waals surface area contributed by atoms with E-state index in [1.165, 1.54) is 7.11 Å². The van der Waals surface area contributed by atoms with Gasteiger partial charge in [-0.15, -0.1) is 0 Å². The van der Waals surface area contributed by atoms with Gasteiger partial charge < -0.3 is 15.0 Å². The number of esters is 1. The number of carbonyl (C=O) groups excluding carboxylic acids is 1. The molecule has 1 heterocycles. The van der Waals surface area contributed by atoms with Crippen LogP contribution < -0.4 is 5.32 Å². The fraction of sp³-hybridized carbons (Fsp3) is 0.929. The van der Waals surface area contributed by atoms with E-state index < -0.39 is 15.4 Å². The van der Waals surface area contributed by atoms with Crippen molar-refractivity contribution in [2.45, 2.75) is 38.6 Å². The lowest BCUT2D eigenvalue weighted by atomic mass is 9.95. The van der Waals surface area contributed by atoms with E-state index in [2.05, 4.69) is 10.2 Å². The molecule has 1 unspecified atom stereocenters. The van der Waals surface area contributed by atoms with Crippen molar-refractivity contribution in [3.8, 4) is 0 Å². The number of carbonyl (C=O) groups is 1. The minimum absolute atomic E-state index is 0.245. The normalized spacial score (nSPS) is 22.2. The lowest BCUT2D eigenvalue weighted by Crippen LogP contribution is -2.50. The zero-order valence-electron chi connectivity index (χ0n) is 13.4. The Morgan fingerprint density at radius 2 is 2.05 bits per heavy atom. The first kappa shape index (κ1) is 18.4. The van der Waals surface area contributed by atoms with Crippen molar-refractivity contribution in [3.63, 3.8) is 0 Å². The van der Waals surface area contributed by atoms with Gasteiger partial charge in [0, 0.05) is 6.54 Å². The van der Waals surface area contributed by atoms with Gasteiger partial charge in [0.2, 0.25) is 0 Å². The summed E-state index contributed by atoms with van der Waals surface area (Å²) in [6.07, 6.45) is 2.21. The lowest BCUT2D eigenvalue weighted by molar-refractivity contribution is -0.148.